The standard InChI is InChI=1S/C15H20N4O/c20-7-6-10-8-11-4-5-12(9-10)19(11)14-3-1-2-13-15(14)17-18-16-13/h1-3,10-12,20H,4-9H2,(H,16,17,18). The van der Waals surface area contributed by atoms with E-state index in [0.29, 0.717) is 24.6 Å². The number of anilines is 1. The minimum atomic E-state index is 0.322. The zero-order valence-corrected chi connectivity index (χ0v) is 11.5. The summed E-state index contributed by atoms with van der Waals surface area (Å²) in [5, 5.41) is 20.3. The first kappa shape index (κ1) is 12.1. The van der Waals surface area contributed by atoms with E-state index in [9.17, 15) is 5.11 Å². The van der Waals surface area contributed by atoms with E-state index >= 15 is 0 Å². The maximum atomic E-state index is 9.17. The molecule has 0 spiro atoms. The molecule has 1 aromatic carbocycles. The number of piperidine rings is 1. The number of aliphatic hydroxyl groups excluding tert-OH is 1. The van der Waals surface area contributed by atoms with Crippen LogP contribution < -0.4 is 4.90 Å². The van der Waals surface area contributed by atoms with Crippen molar-refractivity contribution in [3.05, 3.63) is 18.2 Å². The van der Waals surface area contributed by atoms with Gasteiger partial charge in [-0.25, -0.2) is 0 Å². The Morgan fingerprint density at radius 1 is 1.25 bits per heavy atom. The molecule has 2 aliphatic rings. The van der Waals surface area contributed by atoms with Crippen molar-refractivity contribution < 1.29 is 5.11 Å². The van der Waals surface area contributed by atoms with Crippen molar-refractivity contribution in [3.8, 4) is 0 Å². The summed E-state index contributed by atoms with van der Waals surface area (Å²) in [5.74, 6) is 0.685. The Balaban J connectivity index is 1.68. The van der Waals surface area contributed by atoms with Crippen molar-refractivity contribution in [3.63, 3.8) is 0 Å². The SMILES string of the molecule is OCCC1CC2CCC(C1)N2c1cccc2[nH]nnc12. The predicted octanol–water partition coefficient (Wildman–Crippen LogP) is 2.09. The van der Waals surface area contributed by atoms with Crippen molar-refractivity contribution >= 4 is 16.7 Å². The molecule has 2 N–H and O–H groups in total. The average molecular weight is 272 g/mol. The summed E-state index contributed by atoms with van der Waals surface area (Å²) in [4.78, 5) is 2.57. The van der Waals surface area contributed by atoms with Gasteiger partial charge in [0.25, 0.3) is 0 Å². The van der Waals surface area contributed by atoms with Crippen LogP contribution in [0.5, 0.6) is 0 Å². The molecule has 2 saturated heterocycles. The Hall–Kier alpha value is -1.62. The molecule has 5 heteroatoms. The van der Waals surface area contributed by atoms with E-state index in [1.165, 1.54) is 31.4 Å². The fourth-order valence-corrected chi connectivity index (χ4v) is 4.17. The molecule has 2 unspecified atom stereocenters. The van der Waals surface area contributed by atoms with E-state index < -0.39 is 0 Å². The summed E-state index contributed by atoms with van der Waals surface area (Å²) in [5.41, 5.74) is 3.23. The van der Waals surface area contributed by atoms with Crippen LogP contribution >= 0.6 is 0 Å². The number of nitrogens with zero attached hydrogens (tertiary/aromatic N) is 3. The highest BCUT2D eigenvalue weighted by molar-refractivity contribution is 5.88. The first-order valence-electron chi connectivity index (χ1n) is 7.56. The molecule has 0 aliphatic carbocycles. The number of fused-ring (bicyclic) bond motifs is 3. The largest absolute Gasteiger partial charge is 0.396 e. The van der Waals surface area contributed by atoms with Gasteiger partial charge < -0.3 is 10.0 Å². The molecule has 20 heavy (non-hydrogen) atoms. The minimum Gasteiger partial charge on any atom is -0.396 e. The lowest BCUT2D eigenvalue weighted by atomic mass is 9.88. The Morgan fingerprint density at radius 3 is 2.80 bits per heavy atom. The topological polar surface area (TPSA) is 65.0 Å². The molecule has 106 valence electrons. The molecule has 0 saturated carbocycles. The average Bonchev–Trinajstić information content (AvgIpc) is 3.02. The van der Waals surface area contributed by atoms with Gasteiger partial charge in [-0.2, -0.15) is 0 Å². The smallest absolute Gasteiger partial charge is 0.136 e. The third-order valence-corrected chi connectivity index (χ3v) is 4.98. The normalized spacial score (nSPS) is 29.2. The van der Waals surface area contributed by atoms with Crippen LogP contribution in [0.2, 0.25) is 0 Å². The fourth-order valence-electron chi connectivity index (χ4n) is 4.17. The van der Waals surface area contributed by atoms with Gasteiger partial charge in [-0.3, -0.25) is 5.10 Å². The van der Waals surface area contributed by atoms with Gasteiger partial charge in [-0.15, -0.1) is 5.10 Å². The monoisotopic (exact) mass is 272 g/mol. The van der Waals surface area contributed by atoms with Gasteiger partial charge in [0, 0.05) is 18.7 Å². The van der Waals surface area contributed by atoms with Crippen LogP contribution in [0.1, 0.15) is 32.1 Å². The first-order valence-corrected chi connectivity index (χ1v) is 7.56. The van der Waals surface area contributed by atoms with Gasteiger partial charge in [0.05, 0.1) is 11.2 Å². The molecule has 4 rings (SSSR count). The minimum absolute atomic E-state index is 0.322. The lowest BCUT2D eigenvalue weighted by Gasteiger charge is -2.40. The number of aromatic amines is 1. The van der Waals surface area contributed by atoms with Gasteiger partial charge in [0.1, 0.15) is 5.52 Å². The first-order chi connectivity index (χ1) is 9.86. The summed E-state index contributed by atoms with van der Waals surface area (Å²) < 4.78 is 0. The Kier molecular flexibility index (Phi) is 2.88. The molecule has 2 aliphatic heterocycles. The van der Waals surface area contributed by atoms with Gasteiger partial charge in [-0.05, 0) is 50.2 Å². The van der Waals surface area contributed by atoms with Crippen molar-refractivity contribution in [1.82, 2.24) is 15.4 Å². The van der Waals surface area contributed by atoms with Crippen LogP contribution in [-0.4, -0.2) is 39.2 Å². The van der Waals surface area contributed by atoms with Crippen LogP contribution in [0, 0.1) is 5.92 Å². The maximum Gasteiger partial charge on any atom is 0.136 e. The van der Waals surface area contributed by atoms with Crippen molar-refractivity contribution in [2.24, 2.45) is 5.92 Å². The lowest BCUT2D eigenvalue weighted by Crippen LogP contribution is -2.43. The fraction of sp³-hybridized carbons (Fsp3) is 0.600. The second kappa shape index (κ2) is 4.74. The van der Waals surface area contributed by atoms with Crippen molar-refractivity contribution in [2.75, 3.05) is 11.5 Å². The highest BCUT2D eigenvalue weighted by Gasteiger charge is 2.41. The Labute approximate surface area is 118 Å². The third kappa shape index (κ3) is 1.80. The summed E-state index contributed by atoms with van der Waals surface area (Å²) in [6.45, 7) is 0.322. The van der Waals surface area contributed by atoms with Crippen LogP contribution in [0.25, 0.3) is 11.0 Å². The molecular weight excluding hydrogens is 252 g/mol. The van der Waals surface area contributed by atoms with E-state index in [4.69, 9.17) is 0 Å². The molecule has 0 amide bonds. The summed E-state index contributed by atoms with van der Waals surface area (Å²) in [7, 11) is 0. The molecule has 1 aromatic heterocycles. The number of benzene rings is 1. The molecule has 0 radical (unpaired) electrons. The van der Waals surface area contributed by atoms with Crippen molar-refractivity contribution in [2.45, 2.75) is 44.2 Å². The molecule has 2 bridgehead atoms. The summed E-state index contributed by atoms with van der Waals surface area (Å²) in [6, 6.07) is 7.48. The lowest BCUT2D eigenvalue weighted by molar-refractivity contribution is 0.226. The number of aliphatic hydroxyl groups is 1. The molecule has 3 heterocycles. The van der Waals surface area contributed by atoms with E-state index in [-0.39, 0.29) is 0 Å². The second-order valence-corrected chi connectivity index (χ2v) is 6.13. The van der Waals surface area contributed by atoms with Crippen LogP contribution in [0.3, 0.4) is 0 Å². The number of rotatable bonds is 3. The van der Waals surface area contributed by atoms with Gasteiger partial charge in [0.2, 0.25) is 0 Å². The summed E-state index contributed by atoms with van der Waals surface area (Å²) >= 11 is 0. The number of aromatic nitrogens is 3. The molecule has 2 atom stereocenters. The molecule has 2 aromatic rings. The van der Waals surface area contributed by atoms with E-state index in [1.807, 2.05) is 6.07 Å². The van der Waals surface area contributed by atoms with Crippen LogP contribution in [0.4, 0.5) is 5.69 Å². The zero-order chi connectivity index (χ0) is 13.5. The Bertz CT molecular complexity index is 597. The molecule has 5 nitrogen and oxygen atoms in total. The quantitative estimate of drug-likeness (QED) is 0.898. The molecule has 2 fully saturated rings. The molecular formula is C15H20N4O. The highest BCUT2D eigenvalue weighted by Crippen LogP contribution is 2.43. The number of nitrogens with one attached hydrogen (secondary N) is 1. The van der Waals surface area contributed by atoms with Crippen LogP contribution in [-0.2, 0) is 0 Å². The van der Waals surface area contributed by atoms with Crippen molar-refractivity contribution in [1.29, 1.82) is 0 Å². The van der Waals surface area contributed by atoms with Crippen LogP contribution in [0.15, 0.2) is 18.2 Å². The highest BCUT2D eigenvalue weighted by atomic mass is 16.3. The Morgan fingerprint density at radius 2 is 2.05 bits per heavy atom. The zero-order valence-electron chi connectivity index (χ0n) is 11.5. The number of hydrogen-bond donors (Lipinski definition) is 2. The number of hydrogen-bond acceptors (Lipinski definition) is 4. The van der Waals surface area contributed by atoms with Gasteiger partial charge in [0.15, 0.2) is 0 Å². The van der Waals surface area contributed by atoms with E-state index in [1.54, 1.807) is 0 Å². The maximum absolute atomic E-state index is 9.17. The second-order valence-electron chi connectivity index (χ2n) is 6.13. The summed E-state index contributed by atoms with van der Waals surface area (Å²) in [6.07, 6.45) is 5.88. The van der Waals surface area contributed by atoms with Gasteiger partial charge >= 0.3 is 0 Å². The third-order valence-electron chi connectivity index (χ3n) is 4.98. The van der Waals surface area contributed by atoms with Gasteiger partial charge in [-0.1, -0.05) is 11.3 Å². The van der Waals surface area contributed by atoms with E-state index in [0.717, 1.165) is 17.5 Å². The van der Waals surface area contributed by atoms with E-state index in [2.05, 4.69) is 32.4 Å². The number of H-pyrrole nitrogens is 1. The predicted molar refractivity (Wildman–Crippen MR) is 77.6 cm³/mol.